The van der Waals surface area contributed by atoms with Gasteiger partial charge in [0.25, 0.3) is 0 Å². The number of aromatic amines is 1. The highest BCUT2D eigenvalue weighted by Crippen LogP contribution is 2.11. The number of piperazine rings is 1. The quantitative estimate of drug-likeness (QED) is 0.531. The number of aromatic nitrogens is 2. The summed E-state index contributed by atoms with van der Waals surface area (Å²) in [5.74, 6) is 1.99. The second-order valence-corrected chi connectivity index (χ2v) is 7.17. The van der Waals surface area contributed by atoms with Gasteiger partial charge in [0.1, 0.15) is 5.82 Å². The zero-order chi connectivity index (χ0) is 19.2. The van der Waals surface area contributed by atoms with E-state index in [0.29, 0.717) is 0 Å². The molecule has 3 aromatic rings. The zero-order valence-electron chi connectivity index (χ0n) is 16.4. The first kappa shape index (κ1) is 18.5. The third kappa shape index (κ3) is 4.51. The van der Waals surface area contributed by atoms with Gasteiger partial charge in [0.15, 0.2) is 5.96 Å². The molecule has 1 aliphatic heterocycles. The third-order valence-corrected chi connectivity index (χ3v) is 5.22. The molecule has 6 nitrogen and oxygen atoms in total. The highest BCUT2D eigenvalue weighted by molar-refractivity contribution is 5.80. The average Bonchev–Trinajstić information content (AvgIpc) is 3.16. The number of fused-ring (bicyclic) bond motifs is 1. The predicted octanol–water partition coefficient (Wildman–Crippen LogP) is 2.50. The number of nitrogens with zero attached hydrogens (tertiary/aromatic N) is 4. The average molecular weight is 377 g/mol. The number of guanidine groups is 1. The van der Waals surface area contributed by atoms with Crippen LogP contribution in [0.2, 0.25) is 0 Å². The second kappa shape index (κ2) is 8.89. The van der Waals surface area contributed by atoms with E-state index < -0.39 is 0 Å². The fourth-order valence-electron chi connectivity index (χ4n) is 3.71. The molecule has 2 N–H and O–H groups in total. The summed E-state index contributed by atoms with van der Waals surface area (Å²) < 4.78 is 0. The molecule has 0 amide bonds. The third-order valence-electron chi connectivity index (χ3n) is 5.22. The maximum Gasteiger partial charge on any atom is 0.193 e. The monoisotopic (exact) mass is 376 g/mol. The Morgan fingerprint density at radius 3 is 2.54 bits per heavy atom. The largest absolute Gasteiger partial charge is 0.356 e. The Bertz CT molecular complexity index is 876. The van der Waals surface area contributed by atoms with Crippen molar-refractivity contribution in [1.29, 1.82) is 0 Å². The lowest BCUT2D eigenvalue weighted by Crippen LogP contribution is -2.52. The summed E-state index contributed by atoms with van der Waals surface area (Å²) in [5, 5.41) is 3.49. The standard InChI is InChI=1S/C22H28N6/c1-23-22(24-12-11-21-25-19-9-5-6-10-20(19)26-21)28-15-13-27(14-16-28)17-18-7-3-2-4-8-18/h2-10H,11-17H2,1H3,(H,23,24)(H,25,26). The first-order chi connectivity index (χ1) is 13.8. The van der Waals surface area contributed by atoms with Crippen LogP contribution in [-0.2, 0) is 13.0 Å². The van der Waals surface area contributed by atoms with Crippen molar-refractivity contribution in [3.8, 4) is 0 Å². The van der Waals surface area contributed by atoms with Crippen LogP contribution in [0.5, 0.6) is 0 Å². The van der Waals surface area contributed by atoms with Crippen LogP contribution in [0.3, 0.4) is 0 Å². The van der Waals surface area contributed by atoms with Gasteiger partial charge in [-0.3, -0.25) is 9.89 Å². The summed E-state index contributed by atoms with van der Waals surface area (Å²) >= 11 is 0. The Labute approximate surface area is 166 Å². The maximum atomic E-state index is 4.64. The van der Waals surface area contributed by atoms with E-state index in [0.717, 1.165) is 68.5 Å². The molecule has 2 heterocycles. The van der Waals surface area contributed by atoms with Crippen molar-refractivity contribution in [1.82, 2.24) is 25.1 Å². The van der Waals surface area contributed by atoms with Gasteiger partial charge in [-0.05, 0) is 17.7 Å². The van der Waals surface area contributed by atoms with Crippen molar-refractivity contribution >= 4 is 17.0 Å². The molecule has 1 saturated heterocycles. The molecule has 4 rings (SSSR count). The summed E-state index contributed by atoms with van der Waals surface area (Å²) in [4.78, 5) is 17.4. The van der Waals surface area contributed by atoms with E-state index in [1.165, 1.54) is 5.56 Å². The summed E-state index contributed by atoms with van der Waals surface area (Å²) in [6.07, 6.45) is 0.849. The summed E-state index contributed by atoms with van der Waals surface area (Å²) in [5.41, 5.74) is 3.50. The van der Waals surface area contributed by atoms with Gasteiger partial charge in [0.2, 0.25) is 0 Å². The number of nitrogens with one attached hydrogen (secondary N) is 2. The fraction of sp³-hybridized carbons (Fsp3) is 0.364. The van der Waals surface area contributed by atoms with Gasteiger partial charge >= 0.3 is 0 Å². The van der Waals surface area contributed by atoms with Crippen LogP contribution >= 0.6 is 0 Å². The molecule has 0 unspecified atom stereocenters. The molecule has 0 bridgehead atoms. The van der Waals surface area contributed by atoms with Crippen molar-refractivity contribution < 1.29 is 0 Å². The molecule has 28 heavy (non-hydrogen) atoms. The Balaban J connectivity index is 1.24. The molecule has 0 aliphatic carbocycles. The highest BCUT2D eigenvalue weighted by atomic mass is 15.3. The number of aliphatic imine (C=N–C) groups is 1. The second-order valence-electron chi connectivity index (χ2n) is 7.17. The Hall–Kier alpha value is -2.86. The maximum absolute atomic E-state index is 4.64. The minimum absolute atomic E-state index is 0.816. The van der Waals surface area contributed by atoms with Crippen molar-refractivity contribution in [2.24, 2.45) is 4.99 Å². The summed E-state index contributed by atoms with van der Waals surface area (Å²) in [6, 6.07) is 18.8. The lowest BCUT2D eigenvalue weighted by Gasteiger charge is -2.36. The van der Waals surface area contributed by atoms with Gasteiger partial charge in [0.05, 0.1) is 11.0 Å². The van der Waals surface area contributed by atoms with Crippen LogP contribution in [0, 0.1) is 0 Å². The lowest BCUT2D eigenvalue weighted by molar-refractivity contribution is 0.172. The van der Waals surface area contributed by atoms with Crippen molar-refractivity contribution in [3.05, 3.63) is 66.0 Å². The van der Waals surface area contributed by atoms with Gasteiger partial charge in [-0.2, -0.15) is 0 Å². The molecule has 146 valence electrons. The molecule has 2 aromatic carbocycles. The van der Waals surface area contributed by atoms with E-state index in [1.54, 1.807) is 0 Å². The number of hydrogen-bond donors (Lipinski definition) is 2. The van der Waals surface area contributed by atoms with Crippen molar-refractivity contribution in [3.63, 3.8) is 0 Å². The van der Waals surface area contributed by atoms with Gasteiger partial charge in [-0.25, -0.2) is 4.98 Å². The Morgan fingerprint density at radius 1 is 1.04 bits per heavy atom. The molecular weight excluding hydrogens is 348 g/mol. The normalized spacial score (nSPS) is 15.9. The number of imidazole rings is 1. The lowest BCUT2D eigenvalue weighted by atomic mass is 10.2. The number of rotatable bonds is 5. The molecule has 1 aliphatic rings. The topological polar surface area (TPSA) is 59.6 Å². The Morgan fingerprint density at radius 2 is 1.79 bits per heavy atom. The van der Waals surface area contributed by atoms with E-state index in [1.807, 2.05) is 25.2 Å². The molecule has 6 heteroatoms. The van der Waals surface area contributed by atoms with Crippen molar-refractivity contribution in [2.75, 3.05) is 39.8 Å². The van der Waals surface area contributed by atoms with Crippen LogP contribution in [0.4, 0.5) is 0 Å². The first-order valence-electron chi connectivity index (χ1n) is 9.97. The summed E-state index contributed by atoms with van der Waals surface area (Å²) in [6.45, 7) is 5.94. The number of benzene rings is 2. The van der Waals surface area contributed by atoms with Crippen LogP contribution in [0.25, 0.3) is 11.0 Å². The first-order valence-corrected chi connectivity index (χ1v) is 9.97. The molecule has 1 aromatic heterocycles. The van der Waals surface area contributed by atoms with Gasteiger partial charge in [0, 0.05) is 52.7 Å². The van der Waals surface area contributed by atoms with Crippen LogP contribution in [0.15, 0.2) is 59.6 Å². The zero-order valence-corrected chi connectivity index (χ0v) is 16.4. The summed E-state index contributed by atoms with van der Waals surface area (Å²) in [7, 11) is 1.86. The van der Waals surface area contributed by atoms with Crippen LogP contribution < -0.4 is 5.32 Å². The highest BCUT2D eigenvalue weighted by Gasteiger charge is 2.19. The number of H-pyrrole nitrogens is 1. The van der Waals surface area contributed by atoms with E-state index >= 15 is 0 Å². The number of hydrogen-bond acceptors (Lipinski definition) is 3. The van der Waals surface area contributed by atoms with Crippen molar-refractivity contribution in [2.45, 2.75) is 13.0 Å². The minimum atomic E-state index is 0.816. The van der Waals surface area contributed by atoms with E-state index in [9.17, 15) is 0 Å². The molecule has 0 radical (unpaired) electrons. The molecule has 0 spiro atoms. The molecule has 1 fully saturated rings. The van der Waals surface area contributed by atoms with Gasteiger partial charge in [-0.15, -0.1) is 0 Å². The predicted molar refractivity (Wildman–Crippen MR) is 114 cm³/mol. The molecule has 0 saturated carbocycles. The van der Waals surface area contributed by atoms with Crippen LogP contribution in [0.1, 0.15) is 11.4 Å². The molecular formula is C22H28N6. The minimum Gasteiger partial charge on any atom is -0.356 e. The van der Waals surface area contributed by atoms with E-state index in [4.69, 9.17) is 0 Å². The van der Waals surface area contributed by atoms with E-state index in [-0.39, 0.29) is 0 Å². The SMILES string of the molecule is CN=C(NCCc1nc2ccccc2[nH]1)N1CCN(Cc2ccccc2)CC1. The van der Waals surface area contributed by atoms with Crippen LogP contribution in [-0.4, -0.2) is 65.5 Å². The van der Waals surface area contributed by atoms with Gasteiger partial charge in [-0.1, -0.05) is 42.5 Å². The van der Waals surface area contributed by atoms with Gasteiger partial charge < -0.3 is 15.2 Å². The smallest absolute Gasteiger partial charge is 0.193 e. The fourth-order valence-corrected chi connectivity index (χ4v) is 3.71. The Kier molecular flexibility index (Phi) is 5.87. The molecule has 0 atom stereocenters. The van der Waals surface area contributed by atoms with E-state index in [2.05, 4.69) is 66.5 Å². The number of para-hydroxylation sites is 2.